The Balaban J connectivity index is 2.86. The zero-order valence-corrected chi connectivity index (χ0v) is 12.8. The molecule has 0 amide bonds. The van der Waals surface area contributed by atoms with Gasteiger partial charge in [0.15, 0.2) is 5.69 Å². The van der Waals surface area contributed by atoms with Crippen molar-refractivity contribution in [2.45, 2.75) is 6.92 Å². The summed E-state index contributed by atoms with van der Waals surface area (Å²) in [6, 6.07) is 5.42. The second kappa shape index (κ2) is 5.58. The summed E-state index contributed by atoms with van der Waals surface area (Å²) in [7, 11) is 2.50. The fraction of sp³-hybridized carbons (Fsp3) is 0.214. The zero-order chi connectivity index (χ0) is 14.9. The van der Waals surface area contributed by atoms with Crippen LogP contribution in [0, 0.1) is 6.92 Å². The molecular formula is C14H12BrNO4. The number of hydrogen-bond acceptors (Lipinski definition) is 5. The predicted molar refractivity (Wildman–Crippen MR) is 76.9 cm³/mol. The molecule has 0 saturated heterocycles. The van der Waals surface area contributed by atoms with Gasteiger partial charge in [-0.15, -0.1) is 0 Å². The van der Waals surface area contributed by atoms with Gasteiger partial charge in [0, 0.05) is 9.86 Å². The zero-order valence-electron chi connectivity index (χ0n) is 11.2. The summed E-state index contributed by atoms with van der Waals surface area (Å²) in [6.45, 7) is 1.75. The second-order valence-electron chi connectivity index (χ2n) is 4.11. The Labute approximate surface area is 124 Å². The summed E-state index contributed by atoms with van der Waals surface area (Å²) < 4.78 is 10.3. The first-order valence-corrected chi connectivity index (χ1v) is 6.55. The van der Waals surface area contributed by atoms with Gasteiger partial charge in [0.25, 0.3) is 0 Å². The monoisotopic (exact) mass is 337 g/mol. The third kappa shape index (κ3) is 2.38. The second-order valence-corrected chi connectivity index (χ2v) is 5.02. The smallest absolute Gasteiger partial charge is 0.357 e. The van der Waals surface area contributed by atoms with Crippen LogP contribution < -0.4 is 0 Å². The van der Waals surface area contributed by atoms with E-state index in [-0.39, 0.29) is 11.3 Å². The fourth-order valence-electron chi connectivity index (χ4n) is 1.99. The minimum atomic E-state index is -0.668. The highest BCUT2D eigenvalue weighted by atomic mass is 79.9. The van der Waals surface area contributed by atoms with Crippen LogP contribution in [0.1, 0.15) is 26.4 Å². The number of methoxy groups -OCH3 is 2. The molecule has 1 heterocycles. The molecule has 0 aliphatic rings. The van der Waals surface area contributed by atoms with Gasteiger partial charge < -0.3 is 9.47 Å². The highest BCUT2D eigenvalue weighted by Gasteiger charge is 2.24. The number of carbonyl (C=O) groups is 2. The van der Waals surface area contributed by atoms with Crippen molar-refractivity contribution in [3.8, 4) is 0 Å². The predicted octanol–water partition coefficient (Wildman–Crippen LogP) is 2.88. The van der Waals surface area contributed by atoms with Crippen LogP contribution in [0.3, 0.4) is 0 Å². The molecule has 2 rings (SSSR count). The lowest BCUT2D eigenvalue weighted by Gasteiger charge is -2.12. The van der Waals surface area contributed by atoms with Gasteiger partial charge in [-0.25, -0.2) is 14.6 Å². The van der Waals surface area contributed by atoms with Crippen molar-refractivity contribution in [3.63, 3.8) is 0 Å². The van der Waals surface area contributed by atoms with Crippen molar-refractivity contribution < 1.29 is 19.1 Å². The fourth-order valence-corrected chi connectivity index (χ4v) is 2.35. The van der Waals surface area contributed by atoms with Gasteiger partial charge in [0.2, 0.25) is 0 Å². The van der Waals surface area contributed by atoms with Crippen molar-refractivity contribution in [2.24, 2.45) is 0 Å². The maximum atomic E-state index is 11.9. The minimum absolute atomic E-state index is 0.0355. The molecule has 0 atom stereocenters. The summed E-state index contributed by atoms with van der Waals surface area (Å²) in [5, 5.41) is 0.771. The molecule has 104 valence electrons. The first kappa shape index (κ1) is 14.5. The Morgan fingerprint density at radius 2 is 1.80 bits per heavy atom. The lowest BCUT2D eigenvalue weighted by atomic mass is 10.0. The van der Waals surface area contributed by atoms with Gasteiger partial charge in [-0.1, -0.05) is 15.9 Å². The number of hydrogen-bond donors (Lipinski definition) is 0. The number of nitrogens with zero attached hydrogens (tertiary/aromatic N) is 1. The number of aromatic nitrogens is 1. The number of carbonyl (C=O) groups excluding carboxylic acids is 2. The number of pyridine rings is 1. The Bertz CT molecular complexity index is 712. The molecule has 0 saturated carbocycles. The van der Waals surface area contributed by atoms with Crippen molar-refractivity contribution in [3.05, 3.63) is 39.5 Å². The molecule has 0 radical (unpaired) electrons. The van der Waals surface area contributed by atoms with Crippen LogP contribution in [0.4, 0.5) is 0 Å². The van der Waals surface area contributed by atoms with Gasteiger partial charge in [0.05, 0.1) is 25.3 Å². The Hall–Kier alpha value is -1.95. The molecule has 6 heteroatoms. The Morgan fingerprint density at radius 1 is 1.15 bits per heavy atom. The number of rotatable bonds is 2. The summed E-state index contributed by atoms with van der Waals surface area (Å²) in [5.41, 5.74) is 1.33. The van der Waals surface area contributed by atoms with Crippen LogP contribution in [0.15, 0.2) is 22.7 Å². The van der Waals surface area contributed by atoms with Crippen LogP contribution in [-0.4, -0.2) is 31.1 Å². The minimum Gasteiger partial charge on any atom is -0.465 e. The van der Waals surface area contributed by atoms with Crippen LogP contribution in [0.25, 0.3) is 10.9 Å². The van der Waals surface area contributed by atoms with Gasteiger partial charge in [-0.05, 0) is 30.7 Å². The van der Waals surface area contributed by atoms with Crippen molar-refractivity contribution in [2.75, 3.05) is 14.2 Å². The van der Waals surface area contributed by atoms with Gasteiger partial charge >= 0.3 is 11.9 Å². The molecular weight excluding hydrogens is 326 g/mol. The molecule has 20 heavy (non-hydrogen) atoms. The van der Waals surface area contributed by atoms with E-state index >= 15 is 0 Å². The first-order valence-electron chi connectivity index (χ1n) is 5.76. The maximum Gasteiger partial charge on any atom is 0.357 e. The topological polar surface area (TPSA) is 65.5 Å². The molecule has 0 bridgehead atoms. The Kier molecular flexibility index (Phi) is 4.04. The van der Waals surface area contributed by atoms with E-state index in [2.05, 4.69) is 25.7 Å². The van der Waals surface area contributed by atoms with Crippen LogP contribution in [-0.2, 0) is 9.47 Å². The number of halogens is 1. The van der Waals surface area contributed by atoms with Crippen LogP contribution in [0.2, 0.25) is 0 Å². The quantitative estimate of drug-likeness (QED) is 0.788. The van der Waals surface area contributed by atoms with Crippen molar-refractivity contribution in [1.82, 2.24) is 4.98 Å². The Morgan fingerprint density at radius 3 is 2.40 bits per heavy atom. The van der Waals surface area contributed by atoms with E-state index in [4.69, 9.17) is 4.74 Å². The first-order chi connectivity index (χ1) is 9.49. The largest absolute Gasteiger partial charge is 0.465 e. The molecule has 0 spiro atoms. The molecule has 0 aliphatic carbocycles. The summed E-state index contributed by atoms with van der Waals surface area (Å²) in [5.74, 6) is -1.28. The molecule has 0 fully saturated rings. The highest BCUT2D eigenvalue weighted by Crippen LogP contribution is 2.26. The number of fused-ring (bicyclic) bond motifs is 1. The summed E-state index contributed by atoms with van der Waals surface area (Å²) in [6.07, 6.45) is 0. The van der Waals surface area contributed by atoms with E-state index in [9.17, 15) is 9.59 Å². The number of esters is 2. The van der Waals surface area contributed by atoms with E-state index in [1.165, 1.54) is 14.2 Å². The van der Waals surface area contributed by atoms with E-state index in [0.717, 1.165) is 9.86 Å². The third-order valence-corrected chi connectivity index (χ3v) is 3.47. The number of benzene rings is 1. The van der Waals surface area contributed by atoms with E-state index < -0.39 is 11.9 Å². The lowest BCUT2D eigenvalue weighted by molar-refractivity contribution is 0.0549. The number of aryl methyl sites for hydroxylation is 1. The third-order valence-electron chi connectivity index (χ3n) is 2.97. The lowest BCUT2D eigenvalue weighted by Crippen LogP contribution is -2.16. The molecule has 0 N–H and O–H groups in total. The average Bonchev–Trinajstić information content (AvgIpc) is 2.46. The molecule has 1 aromatic carbocycles. The van der Waals surface area contributed by atoms with Crippen molar-refractivity contribution in [1.29, 1.82) is 0 Å². The SMILES string of the molecule is COC(=O)c1nc2ccc(Br)cc2c(C)c1C(=O)OC. The number of ether oxygens (including phenoxy) is 2. The average molecular weight is 338 g/mol. The molecule has 0 unspecified atom stereocenters. The van der Waals surface area contributed by atoms with E-state index in [1.54, 1.807) is 13.0 Å². The molecule has 1 aromatic heterocycles. The highest BCUT2D eigenvalue weighted by molar-refractivity contribution is 9.10. The van der Waals surface area contributed by atoms with Crippen LogP contribution >= 0.6 is 15.9 Å². The summed E-state index contributed by atoms with van der Waals surface area (Å²) in [4.78, 5) is 28.0. The van der Waals surface area contributed by atoms with Crippen molar-refractivity contribution >= 4 is 38.8 Å². The van der Waals surface area contributed by atoms with E-state index in [0.29, 0.717) is 11.1 Å². The standard InChI is InChI=1S/C14H12BrNO4/c1-7-9-6-8(15)4-5-10(9)16-12(14(18)20-3)11(7)13(17)19-2/h4-6H,1-3H3. The maximum absolute atomic E-state index is 11.9. The molecule has 2 aromatic rings. The molecule has 5 nitrogen and oxygen atoms in total. The summed E-state index contributed by atoms with van der Waals surface area (Å²) >= 11 is 3.37. The molecule has 0 aliphatic heterocycles. The van der Waals surface area contributed by atoms with E-state index in [1.807, 2.05) is 12.1 Å². The van der Waals surface area contributed by atoms with Gasteiger partial charge in [0.1, 0.15) is 0 Å². The van der Waals surface area contributed by atoms with Gasteiger partial charge in [-0.2, -0.15) is 0 Å². The van der Waals surface area contributed by atoms with Crippen LogP contribution in [0.5, 0.6) is 0 Å². The van der Waals surface area contributed by atoms with Gasteiger partial charge in [-0.3, -0.25) is 0 Å². The normalized spacial score (nSPS) is 10.4.